The van der Waals surface area contributed by atoms with Gasteiger partial charge in [0, 0.05) is 11.3 Å². The molecular weight excluding hydrogens is 252 g/mol. The van der Waals surface area contributed by atoms with Crippen LogP contribution in [0.1, 0.15) is 21.5 Å². The summed E-state index contributed by atoms with van der Waals surface area (Å²) in [7, 11) is 0. The van der Waals surface area contributed by atoms with E-state index in [9.17, 15) is 9.90 Å². The van der Waals surface area contributed by atoms with Crippen molar-refractivity contribution in [2.75, 3.05) is 5.32 Å². The fourth-order valence-corrected chi connectivity index (χ4v) is 1.90. The molecule has 0 atom stereocenters. The number of nitrogens with zero attached hydrogens (tertiary/aromatic N) is 1. The maximum Gasteiger partial charge on any atom is 0.255 e. The van der Waals surface area contributed by atoms with Crippen LogP contribution < -0.4 is 5.32 Å². The smallest absolute Gasteiger partial charge is 0.255 e. The summed E-state index contributed by atoms with van der Waals surface area (Å²) >= 11 is 0. The van der Waals surface area contributed by atoms with Crippen LogP contribution in [0.4, 0.5) is 5.69 Å². The number of aromatic hydroxyl groups is 1. The zero-order chi connectivity index (χ0) is 14.5. The van der Waals surface area contributed by atoms with E-state index in [4.69, 9.17) is 5.26 Å². The van der Waals surface area contributed by atoms with Crippen LogP contribution in [-0.4, -0.2) is 11.0 Å². The van der Waals surface area contributed by atoms with E-state index >= 15 is 0 Å². The van der Waals surface area contributed by atoms with E-state index < -0.39 is 0 Å². The highest BCUT2D eigenvalue weighted by Crippen LogP contribution is 2.17. The first kappa shape index (κ1) is 13.6. The Morgan fingerprint density at radius 3 is 2.55 bits per heavy atom. The van der Waals surface area contributed by atoms with E-state index in [0.717, 1.165) is 5.56 Å². The van der Waals surface area contributed by atoms with Gasteiger partial charge in [0.15, 0.2) is 0 Å². The van der Waals surface area contributed by atoms with Gasteiger partial charge in [-0.3, -0.25) is 4.79 Å². The third-order valence-electron chi connectivity index (χ3n) is 2.95. The number of nitrogens with one attached hydrogen (secondary N) is 1. The molecule has 2 N–H and O–H groups in total. The van der Waals surface area contributed by atoms with Crippen LogP contribution in [0.2, 0.25) is 0 Å². The van der Waals surface area contributed by atoms with Gasteiger partial charge in [-0.2, -0.15) is 5.26 Å². The zero-order valence-electron chi connectivity index (χ0n) is 11.1. The number of phenolic OH excluding ortho intramolecular Hbond substituents is 1. The minimum absolute atomic E-state index is 0.139. The Morgan fingerprint density at radius 1 is 1.25 bits per heavy atom. The predicted molar refractivity (Wildman–Crippen MR) is 76.6 cm³/mol. The molecule has 0 saturated carbocycles. The summed E-state index contributed by atoms with van der Waals surface area (Å²) in [6, 6.07) is 13.8. The number of anilines is 1. The lowest BCUT2D eigenvalue weighted by molar-refractivity contribution is 0.102. The largest absolute Gasteiger partial charge is 0.508 e. The molecule has 2 rings (SSSR count). The molecule has 4 nitrogen and oxygen atoms in total. The fraction of sp³-hybridized carbons (Fsp3) is 0.125. The first-order valence-electron chi connectivity index (χ1n) is 6.17. The van der Waals surface area contributed by atoms with Crippen molar-refractivity contribution in [2.45, 2.75) is 13.3 Å². The minimum Gasteiger partial charge on any atom is -0.508 e. The minimum atomic E-state index is -0.226. The molecule has 0 aliphatic heterocycles. The Balaban J connectivity index is 2.13. The maximum atomic E-state index is 12.1. The number of rotatable bonds is 3. The van der Waals surface area contributed by atoms with E-state index in [1.807, 2.05) is 12.1 Å². The zero-order valence-corrected chi connectivity index (χ0v) is 11.1. The van der Waals surface area contributed by atoms with Crippen molar-refractivity contribution in [3.63, 3.8) is 0 Å². The van der Waals surface area contributed by atoms with E-state index in [1.54, 1.807) is 31.2 Å². The molecule has 0 saturated heterocycles. The summed E-state index contributed by atoms with van der Waals surface area (Å²) in [5.41, 5.74) is 2.81. The van der Waals surface area contributed by atoms with E-state index in [-0.39, 0.29) is 11.7 Å². The number of hydrogen-bond donors (Lipinski definition) is 2. The third-order valence-corrected chi connectivity index (χ3v) is 2.95. The molecule has 0 unspecified atom stereocenters. The number of aryl methyl sites for hydroxylation is 1. The topological polar surface area (TPSA) is 73.1 Å². The van der Waals surface area contributed by atoms with Crippen LogP contribution >= 0.6 is 0 Å². The van der Waals surface area contributed by atoms with Crippen LogP contribution in [0, 0.1) is 18.3 Å². The monoisotopic (exact) mass is 266 g/mol. The highest BCUT2D eigenvalue weighted by molar-refractivity contribution is 6.05. The van der Waals surface area contributed by atoms with Crippen LogP contribution in [-0.2, 0) is 6.42 Å². The van der Waals surface area contributed by atoms with E-state index in [2.05, 4.69) is 11.4 Å². The Kier molecular flexibility index (Phi) is 4.02. The first-order valence-corrected chi connectivity index (χ1v) is 6.17. The second-order valence-corrected chi connectivity index (χ2v) is 4.49. The second-order valence-electron chi connectivity index (χ2n) is 4.49. The molecule has 0 aliphatic rings. The molecule has 0 spiro atoms. The summed E-state index contributed by atoms with van der Waals surface area (Å²) in [6.07, 6.45) is 0.352. The van der Waals surface area contributed by atoms with E-state index in [0.29, 0.717) is 23.2 Å². The summed E-state index contributed by atoms with van der Waals surface area (Å²) in [5, 5.41) is 20.7. The van der Waals surface area contributed by atoms with Crippen molar-refractivity contribution in [1.29, 1.82) is 5.26 Å². The molecular formula is C16H14N2O2. The van der Waals surface area contributed by atoms with Crippen LogP contribution in [0.3, 0.4) is 0 Å². The second kappa shape index (κ2) is 5.89. The van der Waals surface area contributed by atoms with Gasteiger partial charge in [-0.15, -0.1) is 0 Å². The molecule has 1 amide bonds. The molecule has 20 heavy (non-hydrogen) atoms. The van der Waals surface area contributed by atoms with Crippen LogP contribution in [0.5, 0.6) is 5.75 Å². The fourth-order valence-electron chi connectivity index (χ4n) is 1.90. The lowest BCUT2D eigenvalue weighted by Crippen LogP contribution is -2.13. The predicted octanol–water partition coefficient (Wildman–Crippen LogP) is 3.02. The number of hydrogen-bond acceptors (Lipinski definition) is 3. The standard InChI is InChI=1S/C16H14N2O2/c1-11-10-14(19)6-7-15(11)16(20)18-13-4-2-12(3-5-13)8-9-17/h2-7,10,19H,8H2,1H3,(H,18,20). The Hall–Kier alpha value is -2.80. The Bertz CT molecular complexity index is 670. The van der Waals surface area contributed by atoms with Crippen molar-refractivity contribution < 1.29 is 9.90 Å². The van der Waals surface area contributed by atoms with E-state index in [1.165, 1.54) is 6.07 Å². The van der Waals surface area contributed by atoms with Crippen molar-refractivity contribution in [1.82, 2.24) is 0 Å². The van der Waals surface area contributed by atoms with Crippen molar-refractivity contribution in [3.8, 4) is 11.8 Å². The average Bonchev–Trinajstić information content (AvgIpc) is 2.41. The van der Waals surface area contributed by atoms with Gasteiger partial charge in [0.2, 0.25) is 0 Å². The normalized spacial score (nSPS) is 9.80. The molecule has 0 bridgehead atoms. The highest BCUT2D eigenvalue weighted by atomic mass is 16.3. The van der Waals surface area contributed by atoms with Gasteiger partial charge in [-0.1, -0.05) is 12.1 Å². The quantitative estimate of drug-likeness (QED) is 0.896. The van der Waals surface area contributed by atoms with Gasteiger partial charge in [-0.05, 0) is 48.4 Å². The summed E-state index contributed by atoms with van der Waals surface area (Å²) in [5.74, 6) is -0.0876. The lowest BCUT2D eigenvalue weighted by atomic mass is 10.1. The van der Waals surface area contributed by atoms with Gasteiger partial charge in [0.05, 0.1) is 12.5 Å². The van der Waals surface area contributed by atoms with Crippen LogP contribution in [0.25, 0.3) is 0 Å². The van der Waals surface area contributed by atoms with Gasteiger partial charge < -0.3 is 10.4 Å². The van der Waals surface area contributed by atoms with Gasteiger partial charge >= 0.3 is 0 Å². The summed E-state index contributed by atoms with van der Waals surface area (Å²) < 4.78 is 0. The molecule has 0 radical (unpaired) electrons. The van der Waals surface area contributed by atoms with Gasteiger partial charge in [0.1, 0.15) is 5.75 Å². The van der Waals surface area contributed by atoms with Crippen molar-refractivity contribution in [3.05, 3.63) is 59.2 Å². The summed E-state index contributed by atoms with van der Waals surface area (Å²) in [6.45, 7) is 1.77. The number of nitriles is 1. The van der Waals surface area contributed by atoms with Gasteiger partial charge in [-0.25, -0.2) is 0 Å². The molecule has 0 fully saturated rings. The first-order chi connectivity index (χ1) is 9.60. The lowest BCUT2D eigenvalue weighted by Gasteiger charge is -2.08. The number of amides is 1. The SMILES string of the molecule is Cc1cc(O)ccc1C(=O)Nc1ccc(CC#N)cc1. The Morgan fingerprint density at radius 2 is 1.95 bits per heavy atom. The number of phenols is 1. The average molecular weight is 266 g/mol. The molecule has 0 heterocycles. The highest BCUT2D eigenvalue weighted by Gasteiger charge is 2.09. The molecule has 2 aromatic rings. The van der Waals surface area contributed by atoms with Crippen molar-refractivity contribution >= 4 is 11.6 Å². The van der Waals surface area contributed by atoms with Crippen molar-refractivity contribution in [2.24, 2.45) is 0 Å². The number of carbonyl (C=O) groups excluding carboxylic acids is 1. The molecule has 0 aromatic heterocycles. The van der Waals surface area contributed by atoms with Crippen LogP contribution in [0.15, 0.2) is 42.5 Å². The molecule has 0 aliphatic carbocycles. The van der Waals surface area contributed by atoms with Gasteiger partial charge in [0.25, 0.3) is 5.91 Å². The third kappa shape index (κ3) is 3.15. The molecule has 2 aromatic carbocycles. The Labute approximate surface area is 117 Å². The number of carbonyl (C=O) groups is 1. The maximum absolute atomic E-state index is 12.1. The molecule has 4 heteroatoms. The molecule has 100 valence electrons. The summed E-state index contributed by atoms with van der Waals surface area (Å²) in [4.78, 5) is 12.1. The number of benzene rings is 2.